The van der Waals surface area contributed by atoms with Crippen molar-refractivity contribution in [2.75, 3.05) is 13.1 Å². The van der Waals surface area contributed by atoms with Crippen LogP contribution in [0.3, 0.4) is 0 Å². The highest BCUT2D eigenvalue weighted by Crippen LogP contribution is 2.29. The minimum atomic E-state index is -4.53. The first-order chi connectivity index (χ1) is 11.4. The average Bonchev–Trinajstić information content (AvgIpc) is 3.08. The molecular formula is C16H20F3N3O2. The summed E-state index contributed by atoms with van der Waals surface area (Å²) in [5.74, 6) is 0.235. The molecule has 0 radical (unpaired) electrons. The fraction of sp³-hybridized carbons (Fsp3) is 0.688. The number of carbonyl (C=O) groups excluding carboxylic acids is 1. The lowest BCUT2D eigenvalue weighted by Crippen LogP contribution is -2.46. The zero-order chi connectivity index (χ0) is 17.2. The van der Waals surface area contributed by atoms with E-state index in [9.17, 15) is 18.0 Å². The number of hydrogen-bond acceptors (Lipinski definition) is 4. The van der Waals surface area contributed by atoms with E-state index in [0.29, 0.717) is 19.5 Å². The van der Waals surface area contributed by atoms with Gasteiger partial charge in [-0.15, -0.1) is 0 Å². The average molecular weight is 343 g/mol. The number of amides is 1. The molecule has 1 saturated carbocycles. The second kappa shape index (κ2) is 6.94. The molecule has 24 heavy (non-hydrogen) atoms. The van der Waals surface area contributed by atoms with E-state index in [4.69, 9.17) is 4.74 Å². The van der Waals surface area contributed by atoms with Crippen LogP contribution in [-0.4, -0.2) is 40.0 Å². The van der Waals surface area contributed by atoms with Gasteiger partial charge in [0.2, 0.25) is 5.91 Å². The second-order valence-electron chi connectivity index (χ2n) is 6.37. The Balaban J connectivity index is 1.62. The molecule has 3 rings (SSSR count). The van der Waals surface area contributed by atoms with E-state index in [1.54, 1.807) is 4.90 Å². The van der Waals surface area contributed by atoms with Crippen LogP contribution in [-0.2, 0) is 11.0 Å². The van der Waals surface area contributed by atoms with Crippen molar-refractivity contribution in [3.63, 3.8) is 0 Å². The summed E-state index contributed by atoms with van der Waals surface area (Å²) in [5, 5.41) is 0. The van der Waals surface area contributed by atoms with Crippen LogP contribution in [0, 0.1) is 5.92 Å². The molecule has 0 spiro atoms. The van der Waals surface area contributed by atoms with E-state index in [1.807, 2.05) is 0 Å². The highest BCUT2D eigenvalue weighted by Gasteiger charge is 2.34. The van der Waals surface area contributed by atoms with Gasteiger partial charge < -0.3 is 9.64 Å². The van der Waals surface area contributed by atoms with Crippen molar-refractivity contribution in [3.8, 4) is 6.01 Å². The molecule has 1 aliphatic carbocycles. The minimum absolute atomic E-state index is 0.0913. The van der Waals surface area contributed by atoms with Crippen LogP contribution in [0.25, 0.3) is 0 Å². The fourth-order valence-corrected chi connectivity index (χ4v) is 3.37. The molecule has 2 fully saturated rings. The summed E-state index contributed by atoms with van der Waals surface area (Å²) < 4.78 is 43.6. The maximum absolute atomic E-state index is 12.7. The summed E-state index contributed by atoms with van der Waals surface area (Å²) in [6.07, 6.45) is 1.61. The molecule has 1 unspecified atom stereocenters. The van der Waals surface area contributed by atoms with Crippen LogP contribution in [0.15, 0.2) is 12.3 Å². The zero-order valence-corrected chi connectivity index (χ0v) is 13.3. The van der Waals surface area contributed by atoms with Gasteiger partial charge in [-0.05, 0) is 31.7 Å². The van der Waals surface area contributed by atoms with Crippen molar-refractivity contribution in [2.45, 2.75) is 50.8 Å². The zero-order valence-electron chi connectivity index (χ0n) is 13.3. The van der Waals surface area contributed by atoms with Gasteiger partial charge in [-0.25, -0.2) is 4.98 Å². The van der Waals surface area contributed by atoms with E-state index in [2.05, 4.69) is 9.97 Å². The standard InChI is InChI=1S/C16H20F3N3O2/c17-16(18,19)13-7-8-20-15(21-13)24-12-6-3-9-22(10-12)14(23)11-4-1-2-5-11/h7-8,11-12H,1-6,9-10H2. The van der Waals surface area contributed by atoms with Crippen molar-refractivity contribution >= 4 is 5.91 Å². The van der Waals surface area contributed by atoms with Gasteiger partial charge >= 0.3 is 12.2 Å². The summed E-state index contributed by atoms with van der Waals surface area (Å²) in [6, 6.07) is 0.522. The molecule has 2 aliphatic rings. The Morgan fingerprint density at radius 3 is 2.67 bits per heavy atom. The Kier molecular flexibility index (Phi) is 4.91. The number of carbonyl (C=O) groups is 1. The highest BCUT2D eigenvalue weighted by atomic mass is 19.4. The summed E-state index contributed by atoms with van der Waals surface area (Å²) in [7, 11) is 0. The normalized spacial score (nSPS) is 22.6. The number of halogens is 3. The molecule has 5 nitrogen and oxygen atoms in total. The smallest absolute Gasteiger partial charge is 0.433 e. The molecule has 8 heteroatoms. The second-order valence-corrected chi connectivity index (χ2v) is 6.37. The molecule has 1 aliphatic heterocycles. The third-order valence-electron chi connectivity index (χ3n) is 4.59. The van der Waals surface area contributed by atoms with Crippen molar-refractivity contribution in [3.05, 3.63) is 18.0 Å². The molecule has 132 valence electrons. The van der Waals surface area contributed by atoms with Crippen molar-refractivity contribution in [1.82, 2.24) is 14.9 Å². The molecular weight excluding hydrogens is 323 g/mol. The van der Waals surface area contributed by atoms with E-state index in [-0.39, 0.29) is 23.9 Å². The van der Waals surface area contributed by atoms with Crippen molar-refractivity contribution < 1.29 is 22.7 Å². The van der Waals surface area contributed by atoms with Crippen molar-refractivity contribution in [2.24, 2.45) is 5.92 Å². The van der Waals surface area contributed by atoms with Gasteiger partial charge in [0.15, 0.2) is 5.69 Å². The molecule has 0 N–H and O–H groups in total. The quantitative estimate of drug-likeness (QED) is 0.846. The number of nitrogens with zero attached hydrogens (tertiary/aromatic N) is 3. The molecule has 1 atom stereocenters. The predicted octanol–water partition coefficient (Wildman–Crippen LogP) is 3.06. The van der Waals surface area contributed by atoms with Crippen LogP contribution in [0.5, 0.6) is 6.01 Å². The van der Waals surface area contributed by atoms with Gasteiger partial charge in [-0.3, -0.25) is 4.79 Å². The number of piperidine rings is 1. The maximum atomic E-state index is 12.7. The van der Waals surface area contributed by atoms with Gasteiger partial charge in [0, 0.05) is 18.7 Å². The number of ether oxygens (including phenoxy) is 1. The van der Waals surface area contributed by atoms with Gasteiger partial charge in [0.1, 0.15) is 6.10 Å². The molecule has 2 heterocycles. The van der Waals surface area contributed by atoms with Crippen LogP contribution in [0.2, 0.25) is 0 Å². The first-order valence-electron chi connectivity index (χ1n) is 8.29. The largest absolute Gasteiger partial charge is 0.458 e. The third-order valence-corrected chi connectivity index (χ3v) is 4.59. The monoisotopic (exact) mass is 343 g/mol. The molecule has 0 bridgehead atoms. The van der Waals surface area contributed by atoms with Gasteiger partial charge in [-0.1, -0.05) is 12.8 Å². The van der Waals surface area contributed by atoms with Gasteiger partial charge in [0.25, 0.3) is 0 Å². The van der Waals surface area contributed by atoms with Crippen LogP contribution in [0.1, 0.15) is 44.2 Å². The summed E-state index contributed by atoms with van der Waals surface area (Å²) in [4.78, 5) is 21.4. The fourth-order valence-electron chi connectivity index (χ4n) is 3.37. The van der Waals surface area contributed by atoms with Gasteiger partial charge in [-0.2, -0.15) is 18.2 Å². The van der Waals surface area contributed by atoms with Crippen LogP contribution >= 0.6 is 0 Å². The maximum Gasteiger partial charge on any atom is 0.433 e. The van der Waals surface area contributed by atoms with Crippen LogP contribution in [0.4, 0.5) is 13.2 Å². The molecule has 1 saturated heterocycles. The topological polar surface area (TPSA) is 55.3 Å². The molecule has 0 aromatic carbocycles. The lowest BCUT2D eigenvalue weighted by Gasteiger charge is -2.34. The first-order valence-corrected chi connectivity index (χ1v) is 8.29. The lowest BCUT2D eigenvalue weighted by molar-refractivity contribution is -0.141. The van der Waals surface area contributed by atoms with Gasteiger partial charge in [0.05, 0.1) is 6.54 Å². The SMILES string of the molecule is O=C(C1CCCC1)N1CCCC(Oc2nccc(C(F)(F)F)n2)C1. The summed E-state index contributed by atoms with van der Waals surface area (Å²) in [5.41, 5.74) is -1.03. The number of rotatable bonds is 3. The highest BCUT2D eigenvalue weighted by molar-refractivity contribution is 5.79. The Morgan fingerprint density at radius 1 is 1.21 bits per heavy atom. The Labute approximate surface area is 138 Å². The molecule has 1 amide bonds. The Morgan fingerprint density at radius 2 is 1.96 bits per heavy atom. The summed E-state index contributed by atoms with van der Waals surface area (Å²) >= 11 is 0. The van der Waals surface area contributed by atoms with Crippen LogP contribution < -0.4 is 4.74 Å². The predicted molar refractivity (Wildman–Crippen MR) is 79.2 cm³/mol. The number of hydrogen-bond donors (Lipinski definition) is 0. The number of aromatic nitrogens is 2. The number of likely N-dealkylation sites (tertiary alicyclic amines) is 1. The number of alkyl halides is 3. The Hall–Kier alpha value is -1.86. The van der Waals surface area contributed by atoms with E-state index in [1.165, 1.54) is 0 Å². The first kappa shape index (κ1) is 17.0. The van der Waals surface area contributed by atoms with E-state index < -0.39 is 11.9 Å². The van der Waals surface area contributed by atoms with E-state index >= 15 is 0 Å². The van der Waals surface area contributed by atoms with Crippen molar-refractivity contribution in [1.29, 1.82) is 0 Å². The molecule has 1 aromatic heterocycles. The summed E-state index contributed by atoms with van der Waals surface area (Å²) in [6.45, 7) is 1.06. The van der Waals surface area contributed by atoms with E-state index in [0.717, 1.165) is 44.4 Å². The Bertz CT molecular complexity index is 588. The minimum Gasteiger partial charge on any atom is -0.458 e. The lowest BCUT2D eigenvalue weighted by atomic mass is 10.0. The molecule has 1 aromatic rings. The third kappa shape index (κ3) is 3.96.